The largest absolute Gasteiger partial charge is 0.508 e. The van der Waals surface area contributed by atoms with E-state index in [2.05, 4.69) is 12.2 Å². The third-order valence-corrected chi connectivity index (χ3v) is 3.63. The molecular formula is C15H23NO2. The molecule has 1 fully saturated rings. The van der Waals surface area contributed by atoms with Gasteiger partial charge in [-0.1, -0.05) is 25.1 Å². The van der Waals surface area contributed by atoms with Crippen LogP contribution in [0.5, 0.6) is 5.75 Å². The van der Waals surface area contributed by atoms with Crippen molar-refractivity contribution < 1.29 is 9.84 Å². The topological polar surface area (TPSA) is 41.5 Å². The molecule has 100 valence electrons. The van der Waals surface area contributed by atoms with Gasteiger partial charge in [0.25, 0.3) is 0 Å². The van der Waals surface area contributed by atoms with Gasteiger partial charge < -0.3 is 15.2 Å². The smallest absolute Gasteiger partial charge is 0.120 e. The second-order valence-corrected chi connectivity index (χ2v) is 5.01. The Bertz CT molecular complexity index is 361. The Kier molecular flexibility index (Phi) is 5.02. The fourth-order valence-corrected chi connectivity index (χ4v) is 2.53. The number of phenolic OH excluding ortho intramolecular Hbond substituents is 1. The number of aromatic hydroxyl groups is 1. The Morgan fingerprint density at radius 3 is 2.94 bits per heavy atom. The van der Waals surface area contributed by atoms with Crippen LogP contribution in [0.3, 0.4) is 0 Å². The number of ether oxygens (including phenoxy) is 1. The quantitative estimate of drug-likeness (QED) is 0.843. The van der Waals surface area contributed by atoms with E-state index in [9.17, 15) is 5.11 Å². The molecular weight excluding hydrogens is 226 g/mol. The molecule has 2 unspecified atom stereocenters. The van der Waals surface area contributed by atoms with Crippen LogP contribution in [0.2, 0.25) is 0 Å². The Morgan fingerprint density at radius 1 is 1.44 bits per heavy atom. The first-order chi connectivity index (χ1) is 8.81. The van der Waals surface area contributed by atoms with E-state index >= 15 is 0 Å². The van der Waals surface area contributed by atoms with Crippen LogP contribution < -0.4 is 5.32 Å². The zero-order chi connectivity index (χ0) is 12.8. The maximum Gasteiger partial charge on any atom is 0.120 e. The molecule has 1 aliphatic rings. The highest BCUT2D eigenvalue weighted by molar-refractivity contribution is 5.34. The van der Waals surface area contributed by atoms with Gasteiger partial charge in [0.2, 0.25) is 0 Å². The minimum atomic E-state index is 0.230. The van der Waals surface area contributed by atoms with Gasteiger partial charge in [-0.05, 0) is 31.2 Å². The van der Waals surface area contributed by atoms with E-state index in [0.717, 1.165) is 31.7 Å². The van der Waals surface area contributed by atoms with Crippen molar-refractivity contribution in [2.75, 3.05) is 19.8 Å². The van der Waals surface area contributed by atoms with Crippen LogP contribution in [0, 0.1) is 5.92 Å². The van der Waals surface area contributed by atoms with Gasteiger partial charge in [0, 0.05) is 24.8 Å². The second-order valence-electron chi connectivity index (χ2n) is 5.01. The highest BCUT2D eigenvalue weighted by atomic mass is 16.5. The van der Waals surface area contributed by atoms with Gasteiger partial charge in [0.05, 0.1) is 6.61 Å². The molecule has 1 saturated heterocycles. The Morgan fingerprint density at radius 2 is 2.28 bits per heavy atom. The molecule has 0 spiro atoms. The lowest BCUT2D eigenvalue weighted by atomic mass is 9.99. The molecule has 0 bridgehead atoms. The molecule has 1 heterocycles. The third-order valence-electron chi connectivity index (χ3n) is 3.63. The highest BCUT2D eigenvalue weighted by Gasteiger charge is 2.17. The van der Waals surface area contributed by atoms with Crippen molar-refractivity contribution in [3.8, 4) is 5.75 Å². The molecule has 18 heavy (non-hydrogen) atoms. The van der Waals surface area contributed by atoms with Gasteiger partial charge in [-0.3, -0.25) is 0 Å². The zero-order valence-corrected chi connectivity index (χ0v) is 11.1. The summed E-state index contributed by atoms with van der Waals surface area (Å²) >= 11 is 0. The fourth-order valence-electron chi connectivity index (χ4n) is 2.53. The molecule has 1 aliphatic heterocycles. The van der Waals surface area contributed by atoms with Crippen LogP contribution in [0.4, 0.5) is 0 Å². The molecule has 0 aromatic heterocycles. The minimum Gasteiger partial charge on any atom is -0.508 e. The monoisotopic (exact) mass is 249 g/mol. The van der Waals surface area contributed by atoms with Crippen molar-refractivity contribution in [2.24, 2.45) is 5.92 Å². The van der Waals surface area contributed by atoms with Crippen LogP contribution in [0.25, 0.3) is 0 Å². The molecule has 3 heteroatoms. The van der Waals surface area contributed by atoms with Crippen molar-refractivity contribution >= 4 is 0 Å². The SMILES string of the molecule is CCC(NCC1CCCOC1)c1ccccc1O. The number of nitrogens with one attached hydrogen (secondary N) is 1. The van der Waals surface area contributed by atoms with Crippen molar-refractivity contribution in [3.63, 3.8) is 0 Å². The average Bonchev–Trinajstić information content (AvgIpc) is 2.42. The Labute approximate surface area is 109 Å². The van der Waals surface area contributed by atoms with E-state index in [1.807, 2.05) is 18.2 Å². The molecule has 0 amide bonds. The maximum absolute atomic E-state index is 9.88. The lowest BCUT2D eigenvalue weighted by Crippen LogP contribution is -2.31. The molecule has 1 aromatic carbocycles. The maximum atomic E-state index is 9.88. The van der Waals surface area contributed by atoms with E-state index in [4.69, 9.17) is 4.74 Å². The van der Waals surface area contributed by atoms with Gasteiger partial charge >= 0.3 is 0 Å². The number of rotatable bonds is 5. The number of phenols is 1. The number of hydrogen-bond acceptors (Lipinski definition) is 3. The van der Waals surface area contributed by atoms with E-state index in [1.54, 1.807) is 6.07 Å². The van der Waals surface area contributed by atoms with E-state index in [0.29, 0.717) is 11.7 Å². The lowest BCUT2D eigenvalue weighted by Gasteiger charge is -2.25. The minimum absolute atomic E-state index is 0.230. The molecule has 3 nitrogen and oxygen atoms in total. The first-order valence-corrected chi connectivity index (χ1v) is 6.90. The lowest BCUT2D eigenvalue weighted by molar-refractivity contribution is 0.0537. The first kappa shape index (κ1) is 13.4. The molecule has 0 aliphatic carbocycles. The normalized spacial score (nSPS) is 21.7. The third kappa shape index (κ3) is 3.47. The number of para-hydroxylation sites is 1. The van der Waals surface area contributed by atoms with Gasteiger partial charge in [-0.2, -0.15) is 0 Å². The molecule has 0 radical (unpaired) electrons. The van der Waals surface area contributed by atoms with Gasteiger partial charge in [0.15, 0.2) is 0 Å². The van der Waals surface area contributed by atoms with Crippen LogP contribution >= 0.6 is 0 Å². The van der Waals surface area contributed by atoms with Crippen LogP contribution in [-0.2, 0) is 4.74 Å². The predicted molar refractivity (Wildman–Crippen MR) is 72.7 cm³/mol. The Hall–Kier alpha value is -1.06. The summed E-state index contributed by atoms with van der Waals surface area (Å²) in [6.07, 6.45) is 3.38. The second kappa shape index (κ2) is 6.76. The van der Waals surface area contributed by atoms with Crippen LogP contribution in [0.15, 0.2) is 24.3 Å². The van der Waals surface area contributed by atoms with Crippen LogP contribution in [-0.4, -0.2) is 24.9 Å². The molecule has 1 aromatic rings. The molecule has 2 N–H and O–H groups in total. The van der Waals surface area contributed by atoms with Gasteiger partial charge in [0.1, 0.15) is 5.75 Å². The summed E-state index contributed by atoms with van der Waals surface area (Å²) in [5, 5.41) is 13.4. The molecule has 2 rings (SSSR count). The van der Waals surface area contributed by atoms with E-state index < -0.39 is 0 Å². The van der Waals surface area contributed by atoms with Gasteiger partial charge in [-0.15, -0.1) is 0 Å². The fraction of sp³-hybridized carbons (Fsp3) is 0.600. The van der Waals surface area contributed by atoms with E-state index in [-0.39, 0.29) is 6.04 Å². The summed E-state index contributed by atoms with van der Waals surface area (Å²) in [7, 11) is 0. The summed E-state index contributed by atoms with van der Waals surface area (Å²) < 4.78 is 5.49. The van der Waals surface area contributed by atoms with Crippen LogP contribution in [0.1, 0.15) is 37.8 Å². The van der Waals surface area contributed by atoms with E-state index in [1.165, 1.54) is 12.8 Å². The highest BCUT2D eigenvalue weighted by Crippen LogP contribution is 2.26. The number of benzene rings is 1. The Balaban J connectivity index is 1.91. The van der Waals surface area contributed by atoms with Gasteiger partial charge in [-0.25, -0.2) is 0 Å². The summed E-state index contributed by atoms with van der Waals surface area (Å²) in [6, 6.07) is 7.81. The summed E-state index contributed by atoms with van der Waals surface area (Å²) in [5.74, 6) is 0.996. The summed E-state index contributed by atoms with van der Waals surface area (Å²) in [6.45, 7) is 4.88. The molecule has 0 saturated carbocycles. The first-order valence-electron chi connectivity index (χ1n) is 6.90. The van der Waals surface area contributed by atoms with Crippen molar-refractivity contribution in [2.45, 2.75) is 32.2 Å². The summed E-state index contributed by atoms with van der Waals surface area (Å²) in [4.78, 5) is 0. The number of hydrogen-bond donors (Lipinski definition) is 2. The standard InChI is InChI=1S/C15H23NO2/c1-2-14(13-7-3-4-8-15(13)17)16-10-12-6-5-9-18-11-12/h3-4,7-8,12,14,16-17H,2,5-6,9-11H2,1H3. The van der Waals surface area contributed by atoms with Crippen molar-refractivity contribution in [1.82, 2.24) is 5.32 Å². The van der Waals surface area contributed by atoms with Crippen molar-refractivity contribution in [3.05, 3.63) is 29.8 Å². The summed E-state index contributed by atoms with van der Waals surface area (Å²) in [5.41, 5.74) is 0.997. The van der Waals surface area contributed by atoms with Crippen molar-refractivity contribution in [1.29, 1.82) is 0 Å². The zero-order valence-electron chi connectivity index (χ0n) is 11.1. The predicted octanol–water partition coefficient (Wildman–Crippen LogP) is 2.86. The average molecular weight is 249 g/mol. The molecule has 2 atom stereocenters.